The number of rotatable bonds is 5. The second-order valence-corrected chi connectivity index (χ2v) is 7.92. The highest BCUT2D eigenvalue weighted by atomic mass is 35.5. The molecule has 1 N–H and O–H groups in total. The molecule has 0 saturated heterocycles. The number of halogens is 1. The van der Waals surface area contributed by atoms with Crippen LogP contribution in [-0.4, -0.2) is 25.9 Å². The molecule has 0 aliphatic carbocycles. The van der Waals surface area contributed by atoms with Gasteiger partial charge in [-0.2, -0.15) is 0 Å². The van der Waals surface area contributed by atoms with Gasteiger partial charge < -0.3 is 10.2 Å². The molecule has 3 aromatic rings. The van der Waals surface area contributed by atoms with Crippen molar-refractivity contribution in [3.63, 3.8) is 0 Å². The summed E-state index contributed by atoms with van der Waals surface area (Å²) in [5.41, 5.74) is 4.17. The highest BCUT2D eigenvalue weighted by Gasteiger charge is 2.40. The maximum absolute atomic E-state index is 13.5. The Bertz CT molecular complexity index is 1190. The number of hydrogen-bond donors (Lipinski definition) is 1. The van der Waals surface area contributed by atoms with Gasteiger partial charge in [-0.05, 0) is 54.4 Å². The molecule has 0 spiro atoms. The van der Waals surface area contributed by atoms with Crippen molar-refractivity contribution >= 4 is 46.1 Å². The Morgan fingerprint density at radius 1 is 0.839 bits per heavy atom. The highest BCUT2D eigenvalue weighted by molar-refractivity contribution is 6.46. The molecular formula is C25H22ClN3O2. The summed E-state index contributed by atoms with van der Waals surface area (Å²) in [5.74, 6) is -0.792. The fourth-order valence-corrected chi connectivity index (χ4v) is 3.73. The van der Waals surface area contributed by atoms with Crippen LogP contribution in [0.2, 0.25) is 5.02 Å². The van der Waals surface area contributed by atoms with E-state index in [-0.39, 0.29) is 11.6 Å². The monoisotopic (exact) mass is 431 g/mol. The summed E-state index contributed by atoms with van der Waals surface area (Å²) in [5, 5.41) is 3.69. The van der Waals surface area contributed by atoms with Crippen LogP contribution in [0, 0.1) is 6.92 Å². The van der Waals surface area contributed by atoms with Crippen LogP contribution in [0.15, 0.2) is 78.5 Å². The maximum atomic E-state index is 13.5. The first kappa shape index (κ1) is 20.7. The van der Waals surface area contributed by atoms with E-state index in [4.69, 9.17) is 11.6 Å². The van der Waals surface area contributed by atoms with E-state index < -0.39 is 5.91 Å². The minimum Gasteiger partial charge on any atom is -0.378 e. The molecule has 0 unspecified atom stereocenters. The number of hydrogen-bond acceptors (Lipinski definition) is 4. The van der Waals surface area contributed by atoms with Crippen molar-refractivity contribution in [3.8, 4) is 0 Å². The largest absolute Gasteiger partial charge is 0.378 e. The predicted octanol–water partition coefficient (Wildman–Crippen LogP) is 5.11. The summed E-state index contributed by atoms with van der Waals surface area (Å²) in [4.78, 5) is 30.1. The van der Waals surface area contributed by atoms with Crippen LogP contribution >= 0.6 is 11.6 Å². The van der Waals surface area contributed by atoms with Gasteiger partial charge in [0, 0.05) is 30.5 Å². The average molecular weight is 432 g/mol. The molecule has 0 atom stereocenters. The van der Waals surface area contributed by atoms with Crippen molar-refractivity contribution < 1.29 is 9.59 Å². The summed E-state index contributed by atoms with van der Waals surface area (Å²) in [6.07, 6.45) is 0. The van der Waals surface area contributed by atoms with Crippen molar-refractivity contribution in [2.24, 2.45) is 0 Å². The van der Waals surface area contributed by atoms with E-state index in [2.05, 4.69) is 5.32 Å². The van der Waals surface area contributed by atoms with E-state index in [9.17, 15) is 9.59 Å². The number of benzene rings is 3. The molecule has 31 heavy (non-hydrogen) atoms. The van der Waals surface area contributed by atoms with E-state index in [1.165, 1.54) is 4.90 Å². The zero-order valence-corrected chi connectivity index (χ0v) is 18.3. The van der Waals surface area contributed by atoms with Crippen LogP contribution < -0.4 is 15.1 Å². The van der Waals surface area contributed by atoms with Crippen molar-refractivity contribution in [2.45, 2.75) is 6.92 Å². The molecule has 3 aromatic carbocycles. The zero-order chi connectivity index (χ0) is 22.1. The van der Waals surface area contributed by atoms with Gasteiger partial charge >= 0.3 is 0 Å². The molecule has 1 heterocycles. The molecule has 2 amide bonds. The predicted molar refractivity (Wildman–Crippen MR) is 126 cm³/mol. The standard InChI is InChI=1S/C25H22ClN3O2/c1-16-20(26)10-7-11-21(16)29-24(30)22(17-8-5-4-6-9-17)23(25(29)31)27-18-12-14-19(15-13-18)28(2)3/h4-15,27H,1-3H3. The number of carbonyl (C=O) groups excluding carboxylic acids is 2. The second kappa shape index (κ2) is 8.28. The summed E-state index contributed by atoms with van der Waals surface area (Å²) >= 11 is 6.27. The van der Waals surface area contributed by atoms with Crippen molar-refractivity contribution in [1.29, 1.82) is 0 Å². The fourth-order valence-electron chi connectivity index (χ4n) is 3.56. The Kier molecular flexibility index (Phi) is 5.53. The van der Waals surface area contributed by atoms with Crippen molar-refractivity contribution in [2.75, 3.05) is 29.2 Å². The molecule has 6 heteroatoms. The number of amides is 2. The Labute approximate surface area is 186 Å². The Hall–Kier alpha value is -3.57. The van der Waals surface area contributed by atoms with E-state index in [0.717, 1.165) is 11.4 Å². The molecule has 0 fully saturated rings. The molecule has 0 saturated carbocycles. The van der Waals surface area contributed by atoms with Crippen molar-refractivity contribution in [1.82, 2.24) is 0 Å². The number of nitrogens with one attached hydrogen (secondary N) is 1. The van der Waals surface area contributed by atoms with Crippen LogP contribution in [0.1, 0.15) is 11.1 Å². The van der Waals surface area contributed by atoms with Crippen LogP contribution in [-0.2, 0) is 9.59 Å². The maximum Gasteiger partial charge on any atom is 0.282 e. The summed E-state index contributed by atoms with van der Waals surface area (Å²) in [7, 11) is 3.92. The Morgan fingerprint density at radius 3 is 2.16 bits per heavy atom. The summed E-state index contributed by atoms with van der Waals surface area (Å²) < 4.78 is 0. The molecule has 5 nitrogen and oxygen atoms in total. The molecule has 0 bridgehead atoms. The lowest BCUT2D eigenvalue weighted by atomic mass is 10.0. The van der Waals surface area contributed by atoms with Gasteiger partial charge in [0.2, 0.25) is 0 Å². The van der Waals surface area contributed by atoms with Gasteiger partial charge in [0.25, 0.3) is 11.8 Å². The number of anilines is 3. The zero-order valence-electron chi connectivity index (χ0n) is 17.5. The van der Waals surface area contributed by atoms with Crippen LogP contribution in [0.4, 0.5) is 17.1 Å². The van der Waals surface area contributed by atoms with E-state index in [1.807, 2.05) is 73.6 Å². The molecule has 1 aliphatic heterocycles. The number of carbonyl (C=O) groups is 2. The Balaban J connectivity index is 1.80. The van der Waals surface area contributed by atoms with E-state index in [0.29, 0.717) is 27.4 Å². The van der Waals surface area contributed by atoms with Gasteiger partial charge in [0.15, 0.2) is 0 Å². The lowest BCUT2D eigenvalue weighted by molar-refractivity contribution is -0.120. The third-order valence-electron chi connectivity index (χ3n) is 5.28. The minimum atomic E-state index is -0.411. The van der Waals surface area contributed by atoms with Gasteiger partial charge in [-0.3, -0.25) is 9.59 Å². The summed E-state index contributed by atoms with van der Waals surface area (Å²) in [6.45, 7) is 1.80. The molecule has 1 aliphatic rings. The number of imide groups is 1. The third-order valence-corrected chi connectivity index (χ3v) is 5.69. The van der Waals surface area contributed by atoms with Crippen LogP contribution in [0.5, 0.6) is 0 Å². The first-order chi connectivity index (χ1) is 14.9. The summed E-state index contributed by atoms with van der Waals surface area (Å²) in [6, 6.07) is 22.1. The van der Waals surface area contributed by atoms with Gasteiger partial charge in [-0.1, -0.05) is 48.0 Å². The second-order valence-electron chi connectivity index (χ2n) is 7.51. The van der Waals surface area contributed by atoms with E-state index >= 15 is 0 Å². The highest BCUT2D eigenvalue weighted by Crippen LogP contribution is 2.36. The number of nitrogens with zero attached hydrogens (tertiary/aromatic N) is 2. The molecule has 0 aromatic heterocycles. The average Bonchev–Trinajstić information content (AvgIpc) is 3.00. The minimum absolute atomic E-state index is 0.244. The smallest absolute Gasteiger partial charge is 0.282 e. The molecule has 4 rings (SSSR count). The quantitative estimate of drug-likeness (QED) is 0.570. The normalized spacial score (nSPS) is 13.7. The van der Waals surface area contributed by atoms with Gasteiger partial charge in [-0.25, -0.2) is 4.90 Å². The van der Waals surface area contributed by atoms with Gasteiger partial charge in [0.05, 0.1) is 11.3 Å². The van der Waals surface area contributed by atoms with E-state index in [1.54, 1.807) is 25.1 Å². The molecule has 0 radical (unpaired) electrons. The third kappa shape index (κ3) is 3.80. The fraction of sp³-hybridized carbons (Fsp3) is 0.120. The van der Waals surface area contributed by atoms with Gasteiger partial charge in [0.1, 0.15) is 5.70 Å². The lowest BCUT2D eigenvalue weighted by Gasteiger charge is -2.18. The van der Waals surface area contributed by atoms with Crippen LogP contribution in [0.25, 0.3) is 5.57 Å². The first-order valence-electron chi connectivity index (χ1n) is 9.86. The first-order valence-corrected chi connectivity index (χ1v) is 10.2. The Morgan fingerprint density at radius 2 is 1.52 bits per heavy atom. The van der Waals surface area contributed by atoms with Crippen LogP contribution in [0.3, 0.4) is 0 Å². The van der Waals surface area contributed by atoms with Crippen molar-refractivity contribution in [3.05, 3.63) is 94.6 Å². The molecule has 156 valence electrons. The van der Waals surface area contributed by atoms with Gasteiger partial charge in [-0.15, -0.1) is 0 Å². The topological polar surface area (TPSA) is 52.7 Å². The molecular weight excluding hydrogens is 410 g/mol. The SMILES string of the molecule is Cc1c(Cl)cccc1N1C(=O)C(Nc2ccc(N(C)C)cc2)=C(c2ccccc2)C1=O. The lowest BCUT2D eigenvalue weighted by Crippen LogP contribution is -2.33.